The third kappa shape index (κ3) is 2.76. The van der Waals surface area contributed by atoms with Crippen LogP contribution in [0.4, 0.5) is 0 Å². The predicted molar refractivity (Wildman–Crippen MR) is 48.9 cm³/mol. The molecule has 0 spiro atoms. The molecule has 0 aromatic heterocycles. The highest BCUT2D eigenvalue weighted by molar-refractivity contribution is 5.89. The van der Waals surface area contributed by atoms with Crippen LogP contribution in [0.3, 0.4) is 0 Å². The maximum atomic E-state index is 11.2. The van der Waals surface area contributed by atoms with Crippen LogP contribution in [-0.4, -0.2) is 11.6 Å². The zero-order chi connectivity index (χ0) is 9.72. The van der Waals surface area contributed by atoms with Crippen molar-refractivity contribution in [2.45, 2.75) is 40.5 Å². The van der Waals surface area contributed by atoms with Crippen LogP contribution >= 0.6 is 0 Å². The second-order valence-corrected chi connectivity index (χ2v) is 3.22. The van der Waals surface area contributed by atoms with Crippen LogP contribution in [0.25, 0.3) is 0 Å². The fourth-order valence-corrected chi connectivity index (χ4v) is 1.20. The van der Waals surface area contributed by atoms with E-state index < -0.39 is 0 Å². The lowest BCUT2D eigenvalue weighted by Crippen LogP contribution is -2.24. The van der Waals surface area contributed by atoms with Gasteiger partial charge in [-0.15, -0.1) is 0 Å². The topological polar surface area (TPSA) is 34.1 Å². The van der Waals surface area contributed by atoms with Gasteiger partial charge in [0.1, 0.15) is 11.6 Å². The van der Waals surface area contributed by atoms with Crippen molar-refractivity contribution in [2.24, 2.45) is 11.8 Å². The number of hydrogen-bond acceptors (Lipinski definition) is 2. The highest BCUT2D eigenvalue weighted by atomic mass is 16.1. The van der Waals surface area contributed by atoms with Crippen LogP contribution in [0.2, 0.25) is 0 Å². The summed E-state index contributed by atoms with van der Waals surface area (Å²) in [5.41, 5.74) is 0. The van der Waals surface area contributed by atoms with Gasteiger partial charge in [-0.25, -0.2) is 0 Å². The molecule has 0 aromatic rings. The van der Waals surface area contributed by atoms with Gasteiger partial charge in [0.05, 0.1) is 0 Å². The van der Waals surface area contributed by atoms with Crippen molar-refractivity contribution in [3.8, 4) is 0 Å². The summed E-state index contributed by atoms with van der Waals surface area (Å²) in [6.07, 6.45) is 1.06. The van der Waals surface area contributed by atoms with Gasteiger partial charge in [-0.2, -0.15) is 0 Å². The van der Waals surface area contributed by atoms with Crippen LogP contribution in [0.1, 0.15) is 40.5 Å². The van der Waals surface area contributed by atoms with Gasteiger partial charge in [-0.1, -0.05) is 27.7 Å². The average Bonchev–Trinajstić information content (AvgIpc) is 2.12. The number of carbonyl (C=O) groups is 2. The van der Waals surface area contributed by atoms with Crippen molar-refractivity contribution in [1.29, 1.82) is 0 Å². The van der Waals surface area contributed by atoms with Crippen molar-refractivity contribution in [1.82, 2.24) is 0 Å². The zero-order valence-electron chi connectivity index (χ0n) is 8.39. The lowest BCUT2D eigenvalue weighted by Gasteiger charge is -2.15. The maximum absolute atomic E-state index is 11.2. The molecule has 2 nitrogen and oxygen atoms in total. The summed E-state index contributed by atoms with van der Waals surface area (Å²) in [6, 6.07) is 0. The Kier molecular flexibility index (Phi) is 4.79. The molecule has 0 aliphatic carbocycles. The monoisotopic (exact) mass is 170 g/mol. The molecule has 2 heteroatoms. The van der Waals surface area contributed by atoms with Gasteiger partial charge < -0.3 is 0 Å². The van der Waals surface area contributed by atoms with Crippen LogP contribution in [0, 0.1) is 11.8 Å². The summed E-state index contributed by atoms with van der Waals surface area (Å²) in [7, 11) is 0. The molecule has 0 amide bonds. The fourth-order valence-electron chi connectivity index (χ4n) is 1.20. The standard InChI is InChI=1S/C10H18O2/c1-5-9(11)7(3)8(4)10(12)6-2/h7-8H,5-6H2,1-4H3/t7-,8-/m1/s1. The highest BCUT2D eigenvalue weighted by Crippen LogP contribution is 2.15. The van der Waals surface area contributed by atoms with Crippen LogP contribution in [-0.2, 0) is 9.59 Å². The molecule has 0 aliphatic rings. The zero-order valence-corrected chi connectivity index (χ0v) is 8.39. The summed E-state index contributed by atoms with van der Waals surface area (Å²) in [5.74, 6) is 0.151. The van der Waals surface area contributed by atoms with Gasteiger partial charge in [-0.05, 0) is 0 Å². The van der Waals surface area contributed by atoms with E-state index in [9.17, 15) is 9.59 Å². The Morgan fingerprint density at radius 3 is 1.33 bits per heavy atom. The molecule has 2 atom stereocenters. The Morgan fingerprint density at radius 1 is 0.917 bits per heavy atom. The fraction of sp³-hybridized carbons (Fsp3) is 0.800. The third-order valence-electron chi connectivity index (χ3n) is 2.46. The number of rotatable bonds is 5. The molecule has 0 bridgehead atoms. The smallest absolute Gasteiger partial charge is 0.136 e. The number of hydrogen-bond donors (Lipinski definition) is 0. The SMILES string of the molecule is CCC(=O)[C@H](C)[C@@H](C)C(=O)CC. The molecule has 0 heterocycles. The van der Waals surface area contributed by atoms with Crippen molar-refractivity contribution < 1.29 is 9.59 Å². The first-order chi connectivity index (χ1) is 5.54. The molecule has 12 heavy (non-hydrogen) atoms. The number of ketones is 2. The summed E-state index contributed by atoms with van der Waals surface area (Å²) < 4.78 is 0. The predicted octanol–water partition coefficient (Wildman–Crippen LogP) is 2.22. The second kappa shape index (κ2) is 5.07. The number of carbonyl (C=O) groups excluding carboxylic acids is 2. The molecule has 0 fully saturated rings. The van der Waals surface area contributed by atoms with E-state index in [2.05, 4.69) is 0 Å². The summed E-state index contributed by atoms with van der Waals surface area (Å²) in [4.78, 5) is 22.4. The first-order valence-electron chi connectivity index (χ1n) is 4.59. The van der Waals surface area contributed by atoms with E-state index in [-0.39, 0.29) is 23.4 Å². The van der Waals surface area contributed by atoms with Gasteiger partial charge in [0, 0.05) is 24.7 Å². The molecular weight excluding hydrogens is 152 g/mol. The molecule has 0 aromatic carbocycles. The molecule has 0 aliphatic heterocycles. The van der Waals surface area contributed by atoms with Gasteiger partial charge in [0.15, 0.2) is 0 Å². The molecule has 0 saturated carbocycles. The first kappa shape index (κ1) is 11.3. The molecule has 0 unspecified atom stereocenters. The summed E-state index contributed by atoms with van der Waals surface area (Å²) in [5, 5.41) is 0. The normalized spacial score (nSPS) is 15.3. The Balaban J connectivity index is 4.18. The van der Waals surface area contributed by atoms with Gasteiger partial charge in [0.25, 0.3) is 0 Å². The third-order valence-corrected chi connectivity index (χ3v) is 2.46. The van der Waals surface area contributed by atoms with Crippen LogP contribution in [0.5, 0.6) is 0 Å². The summed E-state index contributed by atoms with van der Waals surface area (Å²) >= 11 is 0. The van der Waals surface area contributed by atoms with Gasteiger partial charge in [-0.3, -0.25) is 9.59 Å². The molecular formula is C10H18O2. The van der Waals surface area contributed by atoms with Crippen molar-refractivity contribution in [3.63, 3.8) is 0 Å². The Labute approximate surface area is 74.3 Å². The van der Waals surface area contributed by atoms with Crippen molar-refractivity contribution in [2.75, 3.05) is 0 Å². The molecule has 0 N–H and O–H groups in total. The lowest BCUT2D eigenvalue weighted by atomic mass is 9.87. The first-order valence-corrected chi connectivity index (χ1v) is 4.59. The molecule has 0 radical (unpaired) electrons. The van der Waals surface area contributed by atoms with Gasteiger partial charge in [0.2, 0.25) is 0 Å². The molecule has 70 valence electrons. The second-order valence-electron chi connectivity index (χ2n) is 3.22. The quantitative estimate of drug-likeness (QED) is 0.634. The van der Waals surface area contributed by atoms with E-state index in [1.54, 1.807) is 0 Å². The Morgan fingerprint density at radius 2 is 1.17 bits per heavy atom. The average molecular weight is 170 g/mol. The van der Waals surface area contributed by atoms with Crippen LogP contribution < -0.4 is 0 Å². The minimum atomic E-state index is -0.109. The lowest BCUT2D eigenvalue weighted by molar-refractivity contribution is -0.130. The van der Waals surface area contributed by atoms with E-state index in [0.29, 0.717) is 12.8 Å². The number of Topliss-reactive ketones (excluding diaryl/α,β-unsaturated/α-hetero) is 2. The highest BCUT2D eigenvalue weighted by Gasteiger charge is 2.23. The summed E-state index contributed by atoms with van der Waals surface area (Å²) in [6.45, 7) is 7.35. The largest absolute Gasteiger partial charge is 0.299 e. The molecule has 0 saturated heterocycles. The van der Waals surface area contributed by atoms with E-state index in [1.165, 1.54) is 0 Å². The van der Waals surface area contributed by atoms with Crippen LogP contribution in [0.15, 0.2) is 0 Å². The molecule has 0 rings (SSSR count). The Hall–Kier alpha value is -0.660. The Bertz CT molecular complexity index is 153. The maximum Gasteiger partial charge on any atom is 0.136 e. The van der Waals surface area contributed by atoms with Crippen molar-refractivity contribution >= 4 is 11.6 Å². The minimum absolute atomic E-state index is 0.109. The van der Waals surface area contributed by atoms with E-state index in [0.717, 1.165) is 0 Å². The van der Waals surface area contributed by atoms with E-state index >= 15 is 0 Å². The van der Waals surface area contributed by atoms with Gasteiger partial charge >= 0.3 is 0 Å². The van der Waals surface area contributed by atoms with E-state index in [4.69, 9.17) is 0 Å². The van der Waals surface area contributed by atoms with E-state index in [1.807, 2.05) is 27.7 Å². The minimum Gasteiger partial charge on any atom is -0.299 e. The van der Waals surface area contributed by atoms with Crippen molar-refractivity contribution in [3.05, 3.63) is 0 Å².